The minimum absolute atomic E-state index is 0.146. The first-order valence-corrected chi connectivity index (χ1v) is 9.11. The van der Waals surface area contributed by atoms with Crippen LogP contribution in [-0.2, 0) is 14.6 Å². The Bertz CT molecular complexity index is 434. The van der Waals surface area contributed by atoms with Crippen molar-refractivity contribution in [1.82, 2.24) is 4.90 Å². The van der Waals surface area contributed by atoms with Gasteiger partial charge in [0.15, 0.2) is 0 Å². The molecule has 1 saturated heterocycles. The van der Waals surface area contributed by atoms with Crippen LogP contribution in [0.2, 0.25) is 0 Å². The highest BCUT2D eigenvalue weighted by Gasteiger charge is 2.44. The second-order valence-corrected chi connectivity index (χ2v) is 8.18. The zero-order valence-corrected chi connectivity index (χ0v) is 12.2. The number of carboxylic acid groups (broad SMARTS) is 1. The standard InChI is InChI=1S/C13H23NO4S/c1-19(17,18)8-4-7-14-11-6-3-2-5-10(11)9-12(14)13(15)16/h10-12H,2-9H2,1H3,(H,15,16). The maximum atomic E-state index is 11.4. The third-order valence-electron chi connectivity index (χ3n) is 4.44. The lowest BCUT2D eigenvalue weighted by molar-refractivity contribution is -0.142. The minimum atomic E-state index is -2.96. The number of fused-ring (bicyclic) bond motifs is 1. The zero-order valence-electron chi connectivity index (χ0n) is 11.4. The molecule has 2 rings (SSSR count). The van der Waals surface area contributed by atoms with Crippen molar-refractivity contribution < 1.29 is 18.3 Å². The van der Waals surface area contributed by atoms with Crippen molar-refractivity contribution in [3.8, 4) is 0 Å². The molecule has 0 aromatic carbocycles. The van der Waals surface area contributed by atoms with Crippen LogP contribution in [0.4, 0.5) is 0 Å². The molecule has 1 aliphatic heterocycles. The Morgan fingerprint density at radius 3 is 2.63 bits per heavy atom. The molecule has 0 aromatic rings. The molecule has 19 heavy (non-hydrogen) atoms. The number of aliphatic carboxylic acids is 1. The average molecular weight is 289 g/mol. The fraction of sp³-hybridized carbons (Fsp3) is 0.923. The first-order chi connectivity index (χ1) is 8.88. The molecule has 0 aromatic heterocycles. The maximum Gasteiger partial charge on any atom is 0.320 e. The van der Waals surface area contributed by atoms with E-state index in [2.05, 4.69) is 4.90 Å². The van der Waals surface area contributed by atoms with Crippen LogP contribution in [0.25, 0.3) is 0 Å². The highest BCUT2D eigenvalue weighted by molar-refractivity contribution is 7.90. The lowest BCUT2D eigenvalue weighted by atomic mass is 9.85. The molecule has 1 N–H and O–H groups in total. The van der Waals surface area contributed by atoms with Gasteiger partial charge < -0.3 is 5.11 Å². The van der Waals surface area contributed by atoms with Crippen LogP contribution >= 0.6 is 0 Å². The van der Waals surface area contributed by atoms with E-state index in [1.165, 1.54) is 12.7 Å². The number of carbonyl (C=O) groups is 1. The Labute approximate surface area is 114 Å². The highest BCUT2D eigenvalue weighted by Crippen LogP contribution is 2.39. The summed E-state index contributed by atoms with van der Waals surface area (Å²) < 4.78 is 22.3. The quantitative estimate of drug-likeness (QED) is 0.821. The fourth-order valence-corrected chi connectivity index (χ4v) is 4.28. The van der Waals surface area contributed by atoms with Crippen molar-refractivity contribution in [2.24, 2.45) is 5.92 Å². The number of hydrogen-bond acceptors (Lipinski definition) is 4. The summed E-state index contributed by atoms with van der Waals surface area (Å²) in [6.07, 6.45) is 7.05. The van der Waals surface area contributed by atoms with Gasteiger partial charge in [-0.2, -0.15) is 0 Å². The Kier molecular flexibility index (Phi) is 4.50. The molecule has 6 heteroatoms. The van der Waals surface area contributed by atoms with Gasteiger partial charge in [-0.05, 0) is 31.6 Å². The molecule has 3 atom stereocenters. The van der Waals surface area contributed by atoms with Crippen LogP contribution in [0, 0.1) is 5.92 Å². The molecule has 2 fully saturated rings. The first kappa shape index (κ1) is 14.8. The number of carboxylic acids is 1. The van der Waals surface area contributed by atoms with E-state index >= 15 is 0 Å². The number of nitrogens with zero attached hydrogens (tertiary/aromatic N) is 1. The molecule has 0 bridgehead atoms. The van der Waals surface area contributed by atoms with Gasteiger partial charge in [0, 0.05) is 18.8 Å². The predicted octanol–water partition coefficient (Wildman–Crippen LogP) is 1.14. The van der Waals surface area contributed by atoms with Gasteiger partial charge in [-0.25, -0.2) is 8.42 Å². The second kappa shape index (κ2) is 5.79. The van der Waals surface area contributed by atoms with Crippen LogP contribution in [0.5, 0.6) is 0 Å². The maximum absolute atomic E-state index is 11.4. The smallest absolute Gasteiger partial charge is 0.320 e. The lowest BCUT2D eigenvalue weighted by Gasteiger charge is -2.32. The van der Waals surface area contributed by atoms with Crippen LogP contribution in [0.3, 0.4) is 0 Å². The van der Waals surface area contributed by atoms with Crippen LogP contribution in [0.1, 0.15) is 38.5 Å². The Morgan fingerprint density at radius 1 is 1.32 bits per heavy atom. The summed E-state index contributed by atoms with van der Waals surface area (Å²) in [7, 11) is -2.96. The van der Waals surface area contributed by atoms with E-state index in [1.807, 2.05) is 0 Å². The van der Waals surface area contributed by atoms with Crippen LogP contribution in [-0.4, -0.2) is 55.0 Å². The molecule has 1 aliphatic carbocycles. The van der Waals surface area contributed by atoms with Gasteiger partial charge in [0.25, 0.3) is 0 Å². The first-order valence-electron chi connectivity index (χ1n) is 7.05. The summed E-state index contributed by atoms with van der Waals surface area (Å²) in [6, 6.07) is -0.0536. The van der Waals surface area contributed by atoms with E-state index in [1.54, 1.807) is 0 Å². The molecule has 0 radical (unpaired) electrons. The van der Waals surface area contributed by atoms with Gasteiger partial charge >= 0.3 is 5.97 Å². The van der Waals surface area contributed by atoms with Crippen LogP contribution < -0.4 is 0 Å². The van der Waals surface area contributed by atoms with Crippen molar-refractivity contribution in [2.45, 2.75) is 50.6 Å². The van der Waals surface area contributed by atoms with E-state index in [4.69, 9.17) is 0 Å². The van der Waals surface area contributed by atoms with Crippen molar-refractivity contribution in [3.05, 3.63) is 0 Å². The van der Waals surface area contributed by atoms with E-state index < -0.39 is 21.8 Å². The molecule has 5 nitrogen and oxygen atoms in total. The molecular weight excluding hydrogens is 266 g/mol. The van der Waals surface area contributed by atoms with Crippen molar-refractivity contribution in [1.29, 1.82) is 0 Å². The largest absolute Gasteiger partial charge is 0.480 e. The van der Waals surface area contributed by atoms with Crippen molar-refractivity contribution >= 4 is 15.8 Å². The van der Waals surface area contributed by atoms with E-state index in [0.29, 0.717) is 24.9 Å². The minimum Gasteiger partial charge on any atom is -0.480 e. The molecule has 3 unspecified atom stereocenters. The molecule has 1 saturated carbocycles. The third kappa shape index (κ3) is 3.69. The number of hydrogen-bond donors (Lipinski definition) is 1. The Morgan fingerprint density at radius 2 is 2.00 bits per heavy atom. The SMILES string of the molecule is CS(=O)(=O)CCCN1C(C(=O)O)CC2CCCCC21. The van der Waals surface area contributed by atoms with Crippen LogP contribution in [0.15, 0.2) is 0 Å². The van der Waals surface area contributed by atoms with Gasteiger partial charge in [0.2, 0.25) is 0 Å². The highest BCUT2D eigenvalue weighted by atomic mass is 32.2. The summed E-state index contributed by atoms with van der Waals surface area (Å²) in [5, 5.41) is 9.33. The molecule has 1 heterocycles. The van der Waals surface area contributed by atoms with Gasteiger partial charge in [-0.1, -0.05) is 12.8 Å². The average Bonchev–Trinajstić information content (AvgIpc) is 2.67. The van der Waals surface area contributed by atoms with Gasteiger partial charge in [0.1, 0.15) is 15.9 Å². The summed E-state index contributed by atoms with van der Waals surface area (Å²) >= 11 is 0. The second-order valence-electron chi connectivity index (χ2n) is 5.92. The fourth-order valence-electron chi connectivity index (χ4n) is 3.63. The molecule has 0 amide bonds. The van der Waals surface area contributed by atoms with E-state index in [9.17, 15) is 18.3 Å². The molecule has 110 valence electrons. The van der Waals surface area contributed by atoms with Crippen molar-refractivity contribution in [2.75, 3.05) is 18.6 Å². The molecular formula is C13H23NO4S. The predicted molar refractivity (Wildman–Crippen MR) is 72.8 cm³/mol. The number of rotatable bonds is 5. The van der Waals surface area contributed by atoms with Gasteiger partial charge in [-0.3, -0.25) is 9.69 Å². The topological polar surface area (TPSA) is 74.7 Å². The van der Waals surface area contributed by atoms with Gasteiger partial charge in [-0.15, -0.1) is 0 Å². The van der Waals surface area contributed by atoms with Gasteiger partial charge in [0.05, 0.1) is 5.75 Å². The van der Waals surface area contributed by atoms with Crippen molar-refractivity contribution in [3.63, 3.8) is 0 Å². The number of sulfone groups is 1. The third-order valence-corrected chi connectivity index (χ3v) is 5.47. The summed E-state index contributed by atoms with van der Waals surface area (Å²) in [6.45, 7) is 0.588. The molecule has 0 spiro atoms. The zero-order chi connectivity index (χ0) is 14.0. The summed E-state index contributed by atoms with van der Waals surface area (Å²) in [5.74, 6) is -0.116. The van der Waals surface area contributed by atoms with E-state index in [0.717, 1.165) is 25.7 Å². The lowest BCUT2D eigenvalue weighted by Crippen LogP contribution is -2.43. The Hall–Kier alpha value is -0.620. The van der Waals surface area contributed by atoms with E-state index in [-0.39, 0.29) is 5.75 Å². The normalized spacial score (nSPS) is 32.2. The summed E-state index contributed by atoms with van der Waals surface area (Å²) in [5.41, 5.74) is 0. The number of likely N-dealkylation sites (tertiary alicyclic amines) is 1. The Balaban J connectivity index is 1.99. The summed E-state index contributed by atoms with van der Waals surface area (Å²) in [4.78, 5) is 13.4. The molecule has 2 aliphatic rings. The monoisotopic (exact) mass is 289 g/mol.